The maximum atomic E-state index is 12.2. The second kappa shape index (κ2) is 7.60. The topological polar surface area (TPSA) is 88.8 Å². The molecule has 0 unspecified atom stereocenters. The summed E-state index contributed by atoms with van der Waals surface area (Å²) in [4.78, 5) is 23.7. The van der Waals surface area contributed by atoms with Crippen LogP contribution in [0.15, 0.2) is 71.3 Å². The van der Waals surface area contributed by atoms with Gasteiger partial charge in [0.05, 0.1) is 6.26 Å². The van der Waals surface area contributed by atoms with E-state index >= 15 is 0 Å². The first kappa shape index (κ1) is 17.9. The molecule has 6 heteroatoms. The smallest absolute Gasteiger partial charge is 0.407 e. The third-order valence-electron chi connectivity index (χ3n) is 4.92. The molecule has 0 saturated heterocycles. The third-order valence-corrected chi connectivity index (χ3v) is 4.92. The van der Waals surface area contributed by atoms with Crippen molar-refractivity contribution in [1.82, 2.24) is 5.32 Å². The average molecular weight is 377 g/mol. The number of carboxylic acid groups (broad SMARTS) is 1. The lowest BCUT2D eigenvalue weighted by Crippen LogP contribution is -2.42. The summed E-state index contributed by atoms with van der Waals surface area (Å²) in [5.41, 5.74) is 4.46. The Labute approximate surface area is 161 Å². The second-order valence-electron chi connectivity index (χ2n) is 6.64. The zero-order chi connectivity index (χ0) is 19.5. The number of rotatable bonds is 6. The largest absolute Gasteiger partial charge is 0.480 e. The fraction of sp³-hybridized carbons (Fsp3) is 0.182. The summed E-state index contributed by atoms with van der Waals surface area (Å²) in [5.74, 6) is -0.747. The van der Waals surface area contributed by atoms with Crippen molar-refractivity contribution >= 4 is 12.1 Å². The highest BCUT2D eigenvalue weighted by atomic mass is 16.5. The van der Waals surface area contributed by atoms with Crippen LogP contribution in [0.1, 0.15) is 22.8 Å². The molecule has 1 amide bonds. The Morgan fingerprint density at radius 2 is 1.64 bits per heavy atom. The Morgan fingerprint density at radius 1 is 1.00 bits per heavy atom. The van der Waals surface area contributed by atoms with E-state index in [2.05, 4.69) is 17.4 Å². The van der Waals surface area contributed by atoms with Crippen molar-refractivity contribution in [2.75, 3.05) is 6.61 Å². The van der Waals surface area contributed by atoms with Crippen LogP contribution < -0.4 is 5.32 Å². The van der Waals surface area contributed by atoms with Crippen molar-refractivity contribution in [2.45, 2.75) is 18.4 Å². The molecule has 0 spiro atoms. The number of hydrogen-bond donors (Lipinski definition) is 2. The molecule has 0 saturated carbocycles. The van der Waals surface area contributed by atoms with Crippen LogP contribution in [0, 0.1) is 0 Å². The van der Waals surface area contributed by atoms with Crippen molar-refractivity contribution in [3.05, 3.63) is 83.8 Å². The lowest BCUT2D eigenvalue weighted by Gasteiger charge is -2.17. The van der Waals surface area contributed by atoms with Gasteiger partial charge in [0.25, 0.3) is 0 Å². The van der Waals surface area contributed by atoms with Gasteiger partial charge in [0.2, 0.25) is 0 Å². The van der Waals surface area contributed by atoms with Gasteiger partial charge in [-0.3, -0.25) is 0 Å². The Balaban J connectivity index is 1.44. The van der Waals surface area contributed by atoms with Crippen LogP contribution >= 0.6 is 0 Å². The van der Waals surface area contributed by atoms with Crippen molar-refractivity contribution in [2.24, 2.45) is 0 Å². The Hall–Kier alpha value is -3.54. The molecule has 1 aliphatic carbocycles. The minimum absolute atomic E-state index is 0.0481. The third kappa shape index (κ3) is 3.49. The van der Waals surface area contributed by atoms with Gasteiger partial charge in [-0.2, -0.15) is 0 Å². The van der Waals surface area contributed by atoms with Gasteiger partial charge in [-0.15, -0.1) is 0 Å². The number of fused-ring (bicyclic) bond motifs is 3. The minimum atomic E-state index is -1.15. The molecule has 4 rings (SSSR count). The molecule has 0 bridgehead atoms. The monoisotopic (exact) mass is 377 g/mol. The zero-order valence-corrected chi connectivity index (χ0v) is 15.0. The maximum absolute atomic E-state index is 12.2. The lowest BCUT2D eigenvalue weighted by molar-refractivity contribution is -0.139. The fourth-order valence-electron chi connectivity index (χ4n) is 3.61. The van der Waals surface area contributed by atoms with Gasteiger partial charge in [0.1, 0.15) is 18.4 Å². The number of ether oxygens (including phenoxy) is 1. The SMILES string of the molecule is O=C(N[C@@H](Cc1ccco1)C(=O)O)OCC1c2ccccc2-c2ccccc21. The standard InChI is InChI=1S/C22H19NO5/c24-21(25)20(12-14-6-5-11-27-14)23-22(26)28-13-19-17-9-3-1-7-15(17)16-8-2-4-10-18(16)19/h1-11,19-20H,12-13H2,(H,23,26)(H,24,25)/t20-/m0/s1. The molecule has 3 aromatic rings. The number of furan rings is 1. The van der Waals surface area contributed by atoms with Gasteiger partial charge < -0.3 is 19.6 Å². The number of carboxylic acids is 1. The van der Waals surface area contributed by atoms with E-state index in [9.17, 15) is 14.7 Å². The summed E-state index contributed by atoms with van der Waals surface area (Å²) in [6.45, 7) is 0.132. The van der Waals surface area contributed by atoms with Crippen molar-refractivity contribution in [1.29, 1.82) is 0 Å². The van der Waals surface area contributed by atoms with Crippen molar-refractivity contribution in [3.8, 4) is 11.1 Å². The molecule has 1 heterocycles. The summed E-state index contributed by atoms with van der Waals surface area (Å²) < 4.78 is 10.6. The van der Waals surface area contributed by atoms with E-state index in [4.69, 9.17) is 9.15 Å². The van der Waals surface area contributed by atoms with Crippen LogP contribution in [0.3, 0.4) is 0 Å². The van der Waals surface area contributed by atoms with E-state index in [0.29, 0.717) is 5.76 Å². The van der Waals surface area contributed by atoms with Gasteiger partial charge in [-0.1, -0.05) is 48.5 Å². The first-order valence-electron chi connectivity index (χ1n) is 9.00. The number of benzene rings is 2. The molecule has 1 aromatic heterocycles. The van der Waals surface area contributed by atoms with Gasteiger partial charge in [-0.25, -0.2) is 9.59 Å². The summed E-state index contributed by atoms with van der Waals surface area (Å²) in [7, 11) is 0. The molecule has 1 atom stereocenters. The van der Waals surface area contributed by atoms with Crippen LogP contribution in [0.25, 0.3) is 11.1 Å². The van der Waals surface area contributed by atoms with E-state index in [1.165, 1.54) is 6.26 Å². The van der Waals surface area contributed by atoms with E-state index in [1.54, 1.807) is 12.1 Å². The fourth-order valence-corrected chi connectivity index (χ4v) is 3.61. The van der Waals surface area contributed by atoms with Crippen molar-refractivity contribution < 1.29 is 23.8 Å². The van der Waals surface area contributed by atoms with Crippen molar-refractivity contribution in [3.63, 3.8) is 0 Å². The molecule has 2 N–H and O–H groups in total. The van der Waals surface area contributed by atoms with Gasteiger partial charge in [-0.05, 0) is 34.4 Å². The molecule has 1 aliphatic rings. The number of amides is 1. The Kier molecular flexibility index (Phi) is 4.85. The molecular weight excluding hydrogens is 358 g/mol. The molecule has 0 aliphatic heterocycles. The Bertz CT molecular complexity index is 950. The molecule has 28 heavy (non-hydrogen) atoms. The van der Waals surface area contributed by atoms with Gasteiger partial charge >= 0.3 is 12.1 Å². The number of carbonyl (C=O) groups excluding carboxylic acids is 1. The number of carbonyl (C=O) groups is 2. The van der Waals surface area contributed by atoms with E-state index < -0.39 is 18.1 Å². The molecule has 6 nitrogen and oxygen atoms in total. The normalized spacial score (nSPS) is 13.4. The van der Waals surface area contributed by atoms with E-state index in [0.717, 1.165) is 22.3 Å². The molecule has 0 radical (unpaired) electrons. The molecule has 2 aromatic carbocycles. The van der Waals surface area contributed by atoms with Gasteiger partial charge in [0, 0.05) is 12.3 Å². The maximum Gasteiger partial charge on any atom is 0.407 e. The van der Waals surface area contributed by atoms with Crippen LogP contribution in [0.4, 0.5) is 4.79 Å². The lowest BCUT2D eigenvalue weighted by atomic mass is 9.98. The number of hydrogen-bond acceptors (Lipinski definition) is 4. The van der Waals surface area contributed by atoms with Crippen LogP contribution in [0.5, 0.6) is 0 Å². The molecular formula is C22H19NO5. The quantitative estimate of drug-likeness (QED) is 0.682. The number of alkyl carbamates (subject to hydrolysis) is 1. The zero-order valence-electron chi connectivity index (χ0n) is 15.0. The highest BCUT2D eigenvalue weighted by Gasteiger charge is 2.29. The van der Waals surface area contributed by atoms with Crippen LogP contribution in [-0.4, -0.2) is 29.8 Å². The van der Waals surface area contributed by atoms with Gasteiger partial charge in [0.15, 0.2) is 0 Å². The van der Waals surface area contributed by atoms with Crippen LogP contribution in [0.2, 0.25) is 0 Å². The predicted molar refractivity (Wildman–Crippen MR) is 102 cm³/mol. The summed E-state index contributed by atoms with van der Waals surface area (Å²) in [6.07, 6.45) is 0.745. The Morgan fingerprint density at radius 3 is 2.21 bits per heavy atom. The average Bonchev–Trinajstić information content (AvgIpc) is 3.32. The molecule has 0 fully saturated rings. The summed E-state index contributed by atoms with van der Waals surface area (Å²) in [5, 5.41) is 11.8. The predicted octanol–water partition coefficient (Wildman–Crippen LogP) is 3.81. The number of aliphatic carboxylic acids is 1. The number of nitrogens with one attached hydrogen (secondary N) is 1. The highest BCUT2D eigenvalue weighted by molar-refractivity contribution is 5.81. The summed E-state index contributed by atoms with van der Waals surface area (Å²) in [6, 6.07) is 18.3. The minimum Gasteiger partial charge on any atom is -0.480 e. The first-order valence-corrected chi connectivity index (χ1v) is 9.00. The van der Waals surface area contributed by atoms with E-state index in [-0.39, 0.29) is 18.9 Å². The summed E-state index contributed by atoms with van der Waals surface area (Å²) >= 11 is 0. The highest BCUT2D eigenvalue weighted by Crippen LogP contribution is 2.44. The van der Waals surface area contributed by atoms with Crippen LogP contribution in [-0.2, 0) is 16.0 Å². The molecule has 142 valence electrons. The van der Waals surface area contributed by atoms with E-state index in [1.807, 2.05) is 36.4 Å². The second-order valence-corrected chi connectivity index (χ2v) is 6.64. The first-order chi connectivity index (χ1) is 13.6.